The number of pyridine rings is 1. The summed E-state index contributed by atoms with van der Waals surface area (Å²) in [6.07, 6.45) is 1.45. The van der Waals surface area contributed by atoms with Gasteiger partial charge in [0.2, 0.25) is 0 Å². The zero-order valence-electron chi connectivity index (χ0n) is 19.5. The van der Waals surface area contributed by atoms with Crippen molar-refractivity contribution in [1.29, 1.82) is 0 Å². The van der Waals surface area contributed by atoms with Crippen LogP contribution in [0.4, 0.5) is 21.5 Å². The Morgan fingerprint density at radius 1 is 1.15 bits per heavy atom. The van der Waals surface area contributed by atoms with Crippen LogP contribution in [-0.4, -0.2) is 62.3 Å². The maximum atomic E-state index is 14.7. The van der Waals surface area contributed by atoms with Gasteiger partial charge < -0.3 is 24.6 Å². The summed E-state index contributed by atoms with van der Waals surface area (Å²) >= 11 is 5.93. The summed E-state index contributed by atoms with van der Waals surface area (Å²) in [7, 11) is 2.10. The minimum Gasteiger partial charge on any atom is -0.492 e. The minimum atomic E-state index is -0.538. The van der Waals surface area contributed by atoms with Gasteiger partial charge in [0, 0.05) is 48.9 Å². The van der Waals surface area contributed by atoms with E-state index in [0.717, 1.165) is 37.6 Å². The number of nitrogens with one attached hydrogen (secondary N) is 1. The second kappa shape index (κ2) is 10.4. The standard InChI is InChI=1S/C25H28ClFN4O3/c1-4-33-23-14-21-17(13-22(23)31-10-8-30(3)9-11-31)24(18(15-28-21)25(32)34-5-2)29-20-7-6-16(26)12-19(20)27/h6-7,12-15H,4-5,8-11H2,1-3H3,(H,28,29). The number of halogens is 2. The van der Waals surface area contributed by atoms with Gasteiger partial charge in [-0.3, -0.25) is 4.98 Å². The molecule has 1 aromatic heterocycles. The number of rotatable bonds is 7. The average Bonchev–Trinajstić information content (AvgIpc) is 2.81. The molecule has 1 N–H and O–H groups in total. The van der Waals surface area contributed by atoms with E-state index >= 15 is 0 Å². The first kappa shape index (κ1) is 24.0. The summed E-state index contributed by atoms with van der Waals surface area (Å²) in [5.41, 5.74) is 2.36. The summed E-state index contributed by atoms with van der Waals surface area (Å²) in [4.78, 5) is 21.8. The highest BCUT2D eigenvalue weighted by molar-refractivity contribution is 6.30. The van der Waals surface area contributed by atoms with E-state index < -0.39 is 11.8 Å². The number of ether oxygens (including phenoxy) is 2. The molecule has 0 radical (unpaired) electrons. The number of fused-ring (bicyclic) bond motifs is 1. The molecule has 9 heteroatoms. The number of esters is 1. The van der Waals surface area contributed by atoms with Crippen molar-refractivity contribution in [2.75, 3.05) is 56.7 Å². The van der Waals surface area contributed by atoms with Crippen LogP contribution in [0.15, 0.2) is 36.5 Å². The van der Waals surface area contributed by atoms with Gasteiger partial charge in [-0.05, 0) is 45.2 Å². The van der Waals surface area contributed by atoms with Gasteiger partial charge >= 0.3 is 5.97 Å². The Kier molecular flexibility index (Phi) is 7.38. The van der Waals surface area contributed by atoms with Crippen LogP contribution < -0.4 is 15.0 Å². The number of piperazine rings is 1. The first-order valence-electron chi connectivity index (χ1n) is 11.3. The Morgan fingerprint density at radius 2 is 1.91 bits per heavy atom. The van der Waals surface area contributed by atoms with Gasteiger partial charge in [-0.1, -0.05) is 11.6 Å². The lowest BCUT2D eigenvalue weighted by molar-refractivity contribution is 0.0527. The second-order valence-electron chi connectivity index (χ2n) is 8.08. The van der Waals surface area contributed by atoms with Gasteiger partial charge in [-0.2, -0.15) is 0 Å². The largest absolute Gasteiger partial charge is 0.492 e. The van der Waals surface area contributed by atoms with E-state index in [9.17, 15) is 9.18 Å². The summed E-state index contributed by atoms with van der Waals surface area (Å²) in [6, 6.07) is 8.17. The topological polar surface area (TPSA) is 66.9 Å². The van der Waals surface area contributed by atoms with Crippen LogP contribution in [0.25, 0.3) is 10.9 Å². The van der Waals surface area contributed by atoms with E-state index in [4.69, 9.17) is 21.1 Å². The number of carbonyl (C=O) groups excluding carboxylic acids is 1. The summed E-state index contributed by atoms with van der Waals surface area (Å²) in [5.74, 6) is -0.346. The Morgan fingerprint density at radius 3 is 2.59 bits per heavy atom. The molecule has 1 aliphatic heterocycles. The van der Waals surface area contributed by atoms with Crippen molar-refractivity contribution in [3.05, 3.63) is 52.9 Å². The van der Waals surface area contributed by atoms with Crippen LogP contribution in [0.1, 0.15) is 24.2 Å². The SMILES string of the molecule is CCOC(=O)c1cnc2cc(OCC)c(N3CCN(C)CC3)cc2c1Nc1ccc(Cl)cc1F. The Balaban J connectivity index is 1.89. The molecule has 0 unspecified atom stereocenters. The minimum absolute atomic E-state index is 0.192. The summed E-state index contributed by atoms with van der Waals surface area (Å²) in [5, 5.41) is 4.05. The van der Waals surface area contributed by atoms with E-state index in [0.29, 0.717) is 23.2 Å². The van der Waals surface area contributed by atoms with E-state index in [-0.39, 0.29) is 22.9 Å². The fraction of sp³-hybridized carbons (Fsp3) is 0.360. The number of likely N-dealkylation sites (N-methyl/N-ethyl adjacent to an activating group) is 1. The maximum absolute atomic E-state index is 14.7. The molecule has 180 valence electrons. The van der Waals surface area contributed by atoms with Crippen LogP contribution in [0.2, 0.25) is 5.02 Å². The molecule has 34 heavy (non-hydrogen) atoms. The summed E-state index contributed by atoms with van der Waals surface area (Å²) < 4.78 is 25.9. The van der Waals surface area contributed by atoms with Crippen LogP contribution in [-0.2, 0) is 4.74 Å². The first-order chi connectivity index (χ1) is 16.4. The normalized spacial score (nSPS) is 14.3. The van der Waals surface area contributed by atoms with Gasteiger partial charge in [-0.15, -0.1) is 0 Å². The van der Waals surface area contributed by atoms with Crippen LogP contribution in [0, 0.1) is 5.82 Å². The van der Waals surface area contributed by atoms with Gasteiger partial charge in [0.05, 0.1) is 35.8 Å². The van der Waals surface area contributed by atoms with E-state index in [1.165, 1.54) is 18.3 Å². The molecule has 2 heterocycles. The number of hydrogen-bond acceptors (Lipinski definition) is 7. The highest BCUT2D eigenvalue weighted by Crippen LogP contribution is 2.39. The number of nitrogens with zero attached hydrogens (tertiary/aromatic N) is 3. The lowest BCUT2D eigenvalue weighted by Crippen LogP contribution is -2.44. The van der Waals surface area contributed by atoms with Gasteiger partial charge in [0.15, 0.2) is 0 Å². The van der Waals surface area contributed by atoms with Crippen molar-refractivity contribution >= 4 is 45.5 Å². The lowest BCUT2D eigenvalue weighted by atomic mass is 10.1. The lowest BCUT2D eigenvalue weighted by Gasteiger charge is -2.35. The number of carbonyl (C=O) groups is 1. The predicted molar refractivity (Wildman–Crippen MR) is 133 cm³/mol. The molecular weight excluding hydrogens is 459 g/mol. The zero-order valence-corrected chi connectivity index (χ0v) is 20.3. The predicted octanol–water partition coefficient (Wildman–Crippen LogP) is 5.10. The molecule has 1 fully saturated rings. The van der Waals surface area contributed by atoms with Gasteiger partial charge in [0.25, 0.3) is 0 Å². The third kappa shape index (κ3) is 5.03. The monoisotopic (exact) mass is 486 g/mol. The Bertz CT molecular complexity index is 1200. The molecule has 7 nitrogen and oxygen atoms in total. The fourth-order valence-electron chi connectivity index (χ4n) is 4.00. The van der Waals surface area contributed by atoms with E-state index in [2.05, 4.69) is 27.1 Å². The Labute approximate surface area is 203 Å². The van der Waals surface area contributed by atoms with Crippen molar-refractivity contribution in [1.82, 2.24) is 9.88 Å². The van der Waals surface area contributed by atoms with Gasteiger partial charge in [-0.25, -0.2) is 9.18 Å². The molecule has 0 amide bonds. The molecular formula is C25H28ClFN4O3. The first-order valence-corrected chi connectivity index (χ1v) is 11.7. The molecule has 0 bridgehead atoms. The number of hydrogen-bond donors (Lipinski definition) is 1. The number of benzene rings is 2. The Hall–Kier alpha value is -3.10. The molecule has 0 aliphatic carbocycles. The second-order valence-corrected chi connectivity index (χ2v) is 8.51. The van der Waals surface area contributed by atoms with Crippen molar-refractivity contribution in [3.8, 4) is 5.75 Å². The smallest absolute Gasteiger partial charge is 0.341 e. The maximum Gasteiger partial charge on any atom is 0.341 e. The molecule has 1 saturated heterocycles. The molecule has 1 aliphatic rings. The fourth-order valence-corrected chi connectivity index (χ4v) is 4.16. The van der Waals surface area contributed by atoms with E-state index in [1.54, 1.807) is 13.0 Å². The zero-order chi connectivity index (χ0) is 24.2. The average molecular weight is 487 g/mol. The third-order valence-corrected chi connectivity index (χ3v) is 6.01. The van der Waals surface area contributed by atoms with Crippen LogP contribution >= 0.6 is 11.6 Å². The van der Waals surface area contributed by atoms with E-state index in [1.807, 2.05) is 19.1 Å². The number of aromatic nitrogens is 1. The third-order valence-electron chi connectivity index (χ3n) is 5.78. The highest BCUT2D eigenvalue weighted by Gasteiger charge is 2.23. The van der Waals surface area contributed by atoms with Crippen LogP contribution in [0.5, 0.6) is 5.75 Å². The molecule has 0 atom stereocenters. The van der Waals surface area contributed by atoms with Crippen molar-refractivity contribution in [3.63, 3.8) is 0 Å². The van der Waals surface area contributed by atoms with Crippen molar-refractivity contribution < 1.29 is 18.7 Å². The quantitative estimate of drug-likeness (QED) is 0.466. The van der Waals surface area contributed by atoms with Crippen LogP contribution in [0.3, 0.4) is 0 Å². The molecule has 0 saturated carbocycles. The molecule has 0 spiro atoms. The number of anilines is 3. The molecule has 4 rings (SSSR count). The van der Waals surface area contributed by atoms with Gasteiger partial charge in [0.1, 0.15) is 17.1 Å². The van der Waals surface area contributed by atoms with Crippen molar-refractivity contribution in [2.24, 2.45) is 0 Å². The summed E-state index contributed by atoms with van der Waals surface area (Å²) in [6.45, 7) is 7.90. The molecule has 2 aromatic carbocycles. The highest BCUT2D eigenvalue weighted by atomic mass is 35.5. The molecule has 3 aromatic rings. The van der Waals surface area contributed by atoms with Crippen molar-refractivity contribution in [2.45, 2.75) is 13.8 Å².